The number of rotatable bonds is 8. The third kappa shape index (κ3) is 4.24. The van der Waals surface area contributed by atoms with Gasteiger partial charge in [-0.15, -0.1) is 0 Å². The van der Waals surface area contributed by atoms with E-state index in [1.165, 1.54) is 14.2 Å². The number of carbonyl (C=O) groups is 1. The molecule has 2 atom stereocenters. The van der Waals surface area contributed by atoms with Gasteiger partial charge in [0, 0.05) is 25.1 Å². The summed E-state index contributed by atoms with van der Waals surface area (Å²) >= 11 is 0. The Morgan fingerprint density at radius 3 is 2.06 bits per heavy atom. The van der Waals surface area contributed by atoms with E-state index in [-0.39, 0.29) is 12.5 Å². The van der Waals surface area contributed by atoms with Crippen molar-refractivity contribution in [3.8, 4) is 0 Å². The zero-order valence-electron chi connectivity index (χ0n) is 10.1. The van der Waals surface area contributed by atoms with E-state index in [1.54, 1.807) is 0 Å². The van der Waals surface area contributed by atoms with Crippen LogP contribution in [0.5, 0.6) is 0 Å². The number of hydrogen-bond acceptors (Lipinski definition) is 5. The van der Waals surface area contributed by atoms with Crippen LogP contribution in [0.2, 0.25) is 0 Å². The molecule has 0 heterocycles. The van der Waals surface area contributed by atoms with Crippen LogP contribution in [0.25, 0.3) is 0 Å². The average Bonchev–Trinajstić information content (AvgIpc) is 2.18. The fourth-order valence-corrected chi connectivity index (χ4v) is 1.76. The van der Waals surface area contributed by atoms with Crippen LogP contribution >= 0.6 is 0 Å². The van der Waals surface area contributed by atoms with Gasteiger partial charge in [-0.3, -0.25) is 10.1 Å². The van der Waals surface area contributed by atoms with Gasteiger partial charge in [0.25, 0.3) is 0 Å². The minimum absolute atomic E-state index is 0.00949. The third-order valence-corrected chi connectivity index (χ3v) is 2.60. The summed E-state index contributed by atoms with van der Waals surface area (Å²) in [7, 11) is 2.81. The number of methoxy groups -OCH3 is 2. The van der Waals surface area contributed by atoms with Gasteiger partial charge >= 0.3 is 0 Å². The molecule has 16 heavy (non-hydrogen) atoms. The maximum Gasteiger partial charge on any atom is 0.212 e. The summed E-state index contributed by atoms with van der Waals surface area (Å²) < 4.78 is 10.0. The lowest BCUT2D eigenvalue weighted by Crippen LogP contribution is -2.39. The molecule has 0 aliphatic heterocycles. The number of nitro groups is 1. The van der Waals surface area contributed by atoms with Gasteiger partial charge in [-0.05, 0) is 5.92 Å². The highest BCUT2D eigenvalue weighted by Gasteiger charge is 2.35. The number of hydrogen-bond donors (Lipinski definition) is 0. The maximum absolute atomic E-state index is 11.0. The normalized spacial score (nSPS) is 15.1. The lowest BCUT2D eigenvalue weighted by atomic mass is 9.84. The summed E-state index contributed by atoms with van der Waals surface area (Å²) in [4.78, 5) is 21.1. The standard InChI is InChI=1S/C10H19NO5/c1-7(2)9(6-12)8(5-11(13)14)10(15-3)16-4/h6-10H,5H2,1-4H3/t8-,9+/m0/s1. The minimum atomic E-state index is -0.733. The molecule has 0 amide bonds. The Hall–Kier alpha value is -1.01. The maximum atomic E-state index is 11.0. The highest BCUT2D eigenvalue weighted by Crippen LogP contribution is 2.24. The first-order chi connectivity index (χ1) is 7.47. The summed E-state index contributed by atoms with van der Waals surface area (Å²) in [5, 5.41) is 10.6. The van der Waals surface area contributed by atoms with Crippen LogP contribution in [0.15, 0.2) is 0 Å². The second kappa shape index (κ2) is 7.29. The molecule has 0 radical (unpaired) electrons. The minimum Gasteiger partial charge on any atom is -0.355 e. The molecule has 0 saturated carbocycles. The van der Waals surface area contributed by atoms with Gasteiger partial charge in [0.1, 0.15) is 6.29 Å². The van der Waals surface area contributed by atoms with Gasteiger partial charge in [-0.1, -0.05) is 13.8 Å². The quantitative estimate of drug-likeness (QED) is 0.270. The Bertz CT molecular complexity index is 227. The molecule has 0 fully saturated rings. The molecule has 0 aliphatic rings. The molecule has 0 rings (SSSR count). The predicted octanol–water partition coefficient (Wildman–Crippen LogP) is 0.969. The van der Waals surface area contributed by atoms with E-state index in [2.05, 4.69) is 0 Å². The average molecular weight is 233 g/mol. The van der Waals surface area contributed by atoms with Crippen LogP contribution in [0, 0.1) is 27.9 Å². The number of carbonyl (C=O) groups excluding carboxylic acids is 1. The number of ether oxygens (including phenoxy) is 2. The molecule has 0 aromatic rings. The van der Waals surface area contributed by atoms with Crippen molar-refractivity contribution in [1.82, 2.24) is 0 Å². The summed E-state index contributed by atoms with van der Waals surface area (Å²) in [6.45, 7) is 3.34. The van der Waals surface area contributed by atoms with E-state index in [9.17, 15) is 14.9 Å². The van der Waals surface area contributed by atoms with Gasteiger partial charge in [0.2, 0.25) is 6.54 Å². The molecule has 94 valence electrons. The Labute approximate surface area is 95.1 Å². The van der Waals surface area contributed by atoms with Crippen molar-refractivity contribution in [3.05, 3.63) is 10.1 Å². The Kier molecular flexibility index (Phi) is 6.83. The second-order valence-corrected chi connectivity index (χ2v) is 3.98. The van der Waals surface area contributed by atoms with Crippen molar-refractivity contribution in [1.29, 1.82) is 0 Å². The van der Waals surface area contributed by atoms with E-state index in [0.29, 0.717) is 0 Å². The molecule has 6 heteroatoms. The van der Waals surface area contributed by atoms with Crippen LogP contribution in [0.4, 0.5) is 0 Å². The van der Waals surface area contributed by atoms with E-state index in [1.807, 2.05) is 13.8 Å². The lowest BCUT2D eigenvalue weighted by molar-refractivity contribution is -0.495. The molecule has 0 spiro atoms. The van der Waals surface area contributed by atoms with Crippen molar-refractivity contribution in [2.24, 2.45) is 17.8 Å². The molecule has 0 bridgehead atoms. The van der Waals surface area contributed by atoms with Crippen molar-refractivity contribution in [3.63, 3.8) is 0 Å². The van der Waals surface area contributed by atoms with Crippen LogP contribution in [0.3, 0.4) is 0 Å². The smallest absolute Gasteiger partial charge is 0.212 e. The number of aldehydes is 1. The van der Waals surface area contributed by atoms with Crippen LogP contribution in [-0.4, -0.2) is 38.3 Å². The monoisotopic (exact) mass is 233 g/mol. The first kappa shape index (κ1) is 15.0. The zero-order valence-corrected chi connectivity index (χ0v) is 10.1. The number of nitrogens with zero attached hydrogens (tertiary/aromatic N) is 1. The van der Waals surface area contributed by atoms with E-state index < -0.39 is 23.0 Å². The molecule has 0 aromatic carbocycles. The van der Waals surface area contributed by atoms with Gasteiger partial charge in [-0.2, -0.15) is 0 Å². The van der Waals surface area contributed by atoms with Crippen molar-refractivity contribution < 1.29 is 19.2 Å². The highest BCUT2D eigenvalue weighted by atomic mass is 16.7. The molecule has 0 saturated heterocycles. The van der Waals surface area contributed by atoms with E-state index in [0.717, 1.165) is 6.29 Å². The van der Waals surface area contributed by atoms with Crippen molar-refractivity contribution in [2.75, 3.05) is 20.8 Å². The first-order valence-electron chi connectivity index (χ1n) is 5.10. The van der Waals surface area contributed by atoms with Crippen LogP contribution < -0.4 is 0 Å². The van der Waals surface area contributed by atoms with Crippen LogP contribution in [-0.2, 0) is 14.3 Å². The zero-order chi connectivity index (χ0) is 12.7. The SMILES string of the molecule is COC(OC)[C@@H](C[N+](=O)[O-])[C@H](C=O)C(C)C. The predicted molar refractivity (Wildman–Crippen MR) is 57.5 cm³/mol. The van der Waals surface area contributed by atoms with E-state index >= 15 is 0 Å². The van der Waals surface area contributed by atoms with Gasteiger partial charge in [-0.25, -0.2) is 0 Å². The second-order valence-electron chi connectivity index (χ2n) is 3.98. The Balaban J connectivity index is 4.87. The highest BCUT2D eigenvalue weighted by molar-refractivity contribution is 5.54. The molecular weight excluding hydrogens is 214 g/mol. The van der Waals surface area contributed by atoms with E-state index in [4.69, 9.17) is 9.47 Å². The molecule has 0 N–H and O–H groups in total. The molecule has 0 aromatic heterocycles. The van der Waals surface area contributed by atoms with Gasteiger partial charge in [0.15, 0.2) is 6.29 Å². The summed E-state index contributed by atoms with van der Waals surface area (Å²) in [6.07, 6.45) is 0.00662. The summed E-state index contributed by atoms with van der Waals surface area (Å²) in [5.41, 5.74) is 0. The summed E-state index contributed by atoms with van der Waals surface area (Å²) in [6, 6.07) is 0. The van der Waals surface area contributed by atoms with Crippen molar-refractivity contribution in [2.45, 2.75) is 20.1 Å². The van der Waals surface area contributed by atoms with Gasteiger partial charge < -0.3 is 14.3 Å². The summed E-state index contributed by atoms with van der Waals surface area (Å²) in [5.74, 6) is -1.01. The Morgan fingerprint density at radius 2 is 1.81 bits per heavy atom. The topological polar surface area (TPSA) is 78.7 Å². The van der Waals surface area contributed by atoms with Crippen molar-refractivity contribution >= 4 is 6.29 Å². The lowest BCUT2D eigenvalue weighted by Gasteiger charge is -2.28. The molecule has 6 nitrogen and oxygen atoms in total. The first-order valence-corrected chi connectivity index (χ1v) is 5.10. The largest absolute Gasteiger partial charge is 0.355 e. The molecule has 0 aliphatic carbocycles. The van der Waals surface area contributed by atoms with Gasteiger partial charge in [0.05, 0.1) is 5.92 Å². The Morgan fingerprint density at radius 1 is 1.31 bits per heavy atom. The molecular formula is C10H19NO5. The third-order valence-electron chi connectivity index (χ3n) is 2.60. The van der Waals surface area contributed by atoms with Crippen LogP contribution in [0.1, 0.15) is 13.8 Å². The fourth-order valence-electron chi connectivity index (χ4n) is 1.76. The fraction of sp³-hybridized carbons (Fsp3) is 0.900. The molecule has 0 unspecified atom stereocenters.